The molecule has 0 radical (unpaired) electrons. The Labute approximate surface area is 151 Å². The van der Waals surface area contributed by atoms with Crippen molar-refractivity contribution >= 4 is 23.2 Å². The van der Waals surface area contributed by atoms with Crippen LogP contribution in [0.1, 0.15) is 20.3 Å². The quantitative estimate of drug-likeness (QED) is 0.637. The lowest BCUT2D eigenvalue weighted by Gasteiger charge is -2.12. The zero-order chi connectivity index (χ0) is 17.5. The molecular formula is C18H20Cl2O4. The Morgan fingerprint density at radius 1 is 0.917 bits per heavy atom. The number of halogens is 2. The molecule has 6 heteroatoms. The Bertz CT molecular complexity index is 634. The highest BCUT2D eigenvalue weighted by Crippen LogP contribution is 2.36. The molecule has 0 heterocycles. The third kappa shape index (κ3) is 5.69. The number of benzene rings is 2. The average Bonchev–Trinajstić information content (AvgIpc) is 2.50. The summed E-state index contributed by atoms with van der Waals surface area (Å²) < 4.78 is 16.8. The maximum absolute atomic E-state index is 9.37. The van der Waals surface area contributed by atoms with Crippen molar-refractivity contribution in [2.75, 3.05) is 13.2 Å². The Kier molecular flexibility index (Phi) is 6.88. The van der Waals surface area contributed by atoms with E-state index < -0.39 is 0 Å². The van der Waals surface area contributed by atoms with Gasteiger partial charge in [-0.15, -0.1) is 0 Å². The van der Waals surface area contributed by atoms with Crippen LogP contribution in [0.25, 0.3) is 0 Å². The first-order valence-electron chi connectivity index (χ1n) is 7.66. The third-order valence-electron chi connectivity index (χ3n) is 2.98. The van der Waals surface area contributed by atoms with Gasteiger partial charge in [0.05, 0.1) is 29.4 Å². The lowest BCUT2D eigenvalue weighted by atomic mass is 10.3. The van der Waals surface area contributed by atoms with Gasteiger partial charge in [-0.3, -0.25) is 0 Å². The highest BCUT2D eigenvalue weighted by molar-refractivity contribution is 6.37. The van der Waals surface area contributed by atoms with Crippen molar-refractivity contribution in [2.24, 2.45) is 0 Å². The van der Waals surface area contributed by atoms with Gasteiger partial charge < -0.3 is 19.3 Å². The van der Waals surface area contributed by atoms with Crippen molar-refractivity contribution in [1.82, 2.24) is 0 Å². The molecule has 2 rings (SSSR count). The standard InChI is InChI=1S/C18H20Cl2O4/c1-12(2)24-15-6-4-14(5-7-15)22-8-3-9-23-18-16(19)10-13(21)11-17(18)20/h4-7,10-12,21H,3,8-9H2,1-2H3. The van der Waals surface area contributed by atoms with Crippen molar-refractivity contribution in [3.8, 4) is 23.0 Å². The van der Waals surface area contributed by atoms with Crippen LogP contribution in [0.3, 0.4) is 0 Å². The second kappa shape index (κ2) is 8.90. The number of phenolic OH excluding ortho intramolecular Hbond substituents is 1. The van der Waals surface area contributed by atoms with Gasteiger partial charge in [-0.25, -0.2) is 0 Å². The predicted octanol–water partition coefficient (Wildman–Crippen LogP) is 5.33. The maximum atomic E-state index is 9.37. The summed E-state index contributed by atoms with van der Waals surface area (Å²) in [5.74, 6) is 1.96. The van der Waals surface area contributed by atoms with Gasteiger partial charge in [0.1, 0.15) is 17.2 Å². The van der Waals surface area contributed by atoms with Crippen molar-refractivity contribution in [3.05, 3.63) is 46.4 Å². The fourth-order valence-corrected chi connectivity index (χ4v) is 2.58. The molecule has 0 unspecified atom stereocenters. The molecule has 0 fully saturated rings. The van der Waals surface area contributed by atoms with Crippen LogP contribution in [0.15, 0.2) is 36.4 Å². The van der Waals surface area contributed by atoms with E-state index in [0.29, 0.717) is 25.4 Å². The Hall–Kier alpha value is -1.78. The highest BCUT2D eigenvalue weighted by atomic mass is 35.5. The van der Waals surface area contributed by atoms with E-state index in [4.69, 9.17) is 37.4 Å². The SMILES string of the molecule is CC(C)Oc1ccc(OCCCOc2c(Cl)cc(O)cc2Cl)cc1. The molecule has 0 aliphatic heterocycles. The van der Waals surface area contributed by atoms with Gasteiger partial charge in [-0.05, 0) is 38.1 Å². The van der Waals surface area contributed by atoms with Crippen LogP contribution >= 0.6 is 23.2 Å². The van der Waals surface area contributed by atoms with Crippen LogP contribution in [0, 0.1) is 0 Å². The van der Waals surface area contributed by atoms with Crippen LogP contribution in [0.4, 0.5) is 0 Å². The molecule has 0 spiro atoms. The second-order valence-electron chi connectivity index (χ2n) is 5.43. The van der Waals surface area contributed by atoms with E-state index in [0.717, 1.165) is 11.5 Å². The summed E-state index contributed by atoms with van der Waals surface area (Å²) in [4.78, 5) is 0. The Morgan fingerprint density at radius 2 is 1.46 bits per heavy atom. The van der Waals surface area contributed by atoms with Crippen molar-refractivity contribution in [2.45, 2.75) is 26.4 Å². The largest absolute Gasteiger partial charge is 0.508 e. The van der Waals surface area contributed by atoms with E-state index in [1.807, 2.05) is 38.1 Å². The summed E-state index contributed by atoms with van der Waals surface area (Å²) in [6, 6.07) is 10.3. The molecule has 0 aliphatic rings. The molecule has 130 valence electrons. The van der Waals surface area contributed by atoms with Crippen molar-refractivity contribution in [3.63, 3.8) is 0 Å². The van der Waals surface area contributed by atoms with E-state index in [1.165, 1.54) is 12.1 Å². The van der Waals surface area contributed by atoms with E-state index in [9.17, 15) is 5.11 Å². The second-order valence-corrected chi connectivity index (χ2v) is 6.24. The zero-order valence-electron chi connectivity index (χ0n) is 13.6. The normalized spacial score (nSPS) is 10.7. The Morgan fingerprint density at radius 3 is 2.04 bits per heavy atom. The van der Waals surface area contributed by atoms with Gasteiger partial charge in [0.15, 0.2) is 5.75 Å². The van der Waals surface area contributed by atoms with Crippen molar-refractivity contribution < 1.29 is 19.3 Å². The van der Waals surface area contributed by atoms with Crippen LogP contribution in [-0.2, 0) is 0 Å². The molecule has 2 aromatic rings. The minimum absolute atomic E-state index is 0.00516. The maximum Gasteiger partial charge on any atom is 0.156 e. The molecule has 2 aromatic carbocycles. The minimum atomic E-state index is 0.00516. The lowest BCUT2D eigenvalue weighted by Crippen LogP contribution is -2.06. The van der Waals surface area contributed by atoms with Gasteiger partial charge in [-0.1, -0.05) is 23.2 Å². The van der Waals surface area contributed by atoms with Crippen LogP contribution in [-0.4, -0.2) is 24.4 Å². The van der Waals surface area contributed by atoms with E-state index >= 15 is 0 Å². The summed E-state index contributed by atoms with van der Waals surface area (Å²) >= 11 is 12.0. The molecule has 0 bridgehead atoms. The van der Waals surface area contributed by atoms with Crippen molar-refractivity contribution in [1.29, 1.82) is 0 Å². The average molecular weight is 371 g/mol. The molecule has 1 N–H and O–H groups in total. The molecular weight excluding hydrogens is 351 g/mol. The van der Waals surface area contributed by atoms with Crippen LogP contribution in [0.5, 0.6) is 23.0 Å². The van der Waals surface area contributed by atoms with Crippen LogP contribution in [0.2, 0.25) is 10.0 Å². The Balaban J connectivity index is 1.73. The topological polar surface area (TPSA) is 47.9 Å². The molecule has 0 aromatic heterocycles. The number of ether oxygens (including phenoxy) is 3. The molecule has 0 atom stereocenters. The number of hydrogen-bond donors (Lipinski definition) is 1. The molecule has 4 nitrogen and oxygen atoms in total. The molecule has 0 saturated carbocycles. The lowest BCUT2D eigenvalue weighted by molar-refractivity contribution is 0.239. The van der Waals surface area contributed by atoms with E-state index in [-0.39, 0.29) is 21.9 Å². The summed E-state index contributed by atoms with van der Waals surface area (Å²) in [6.45, 7) is 4.87. The molecule has 0 aliphatic carbocycles. The smallest absolute Gasteiger partial charge is 0.156 e. The first-order valence-corrected chi connectivity index (χ1v) is 8.41. The van der Waals surface area contributed by atoms with Gasteiger partial charge in [-0.2, -0.15) is 0 Å². The first kappa shape index (κ1) is 18.6. The summed E-state index contributed by atoms with van der Waals surface area (Å²) in [5, 5.41) is 9.93. The van der Waals surface area contributed by atoms with Gasteiger partial charge >= 0.3 is 0 Å². The van der Waals surface area contributed by atoms with E-state index in [1.54, 1.807) is 0 Å². The number of aromatic hydroxyl groups is 1. The predicted molar refractivity (Wildman–Crippen MR) is 95.9 cm³/mol. The monoisotopic (exact) mass is 370 g/mol. The van der Waals surface area contributed by atoms with E-state index in [2.05, 4.69) is 0 Å². The summed E-state index contributed by atoms with van der Waals surface area (Å²) in [7, 11) is 0. The fourth-order valence-electron chi connectivity index (χ4n) is 1.99. The van der Waals surface area contributed by atoms with Gasteiger partial charge in [0.2, 0.25) is 0 Å². The summed E-state index contributed by atoms with van der Waals surface area (Å²) in [5.41, 5.74) is 0. The molecule has 24 heavy (non-hydrogen) atoms. The first-order chi connectivity index (χ1) is 11.5. The summed E-state index contributed by atoms with van der Waals surface area (Å²) in [6.07, 6.45) is 0.810. The number of hydrogen-bond acceptors (Lipinski definition) is 4. The van der Waals surface area contributed by atoms with Crippen LogP contribution < -0.4 is 14.2 Å². The van der Waals surface area contributed by atoms with Gasteiger partial charge in [0, 0.05) is 18.6 Å². The molecule has 0 amide bonds. The number of rotatable bonds is 8. The molecule has 0 saturated heterocycles. The third-order valence-corrected chi connectivity index (χ3v) is 3.54. The highest BCUT2D eigenvalue weighted by Gasteiger charge is 2.09. The fraction of sp³-hybridized carbons (Fsp3) is 0.333. The minimum Gasteiger partial charge on any atom is -0.508 e. The zero-order valence-corrected chi connectivity index (χ0v) is 15.1. The van der Waals surface area contributed by atoms with Gasteiger partial charge in [0.25, 0.3) is 0 Å². The number of phenols is 1.